The van der Waals surface area contributed by atoms with Crippen LogP contribution in [-0.4, -0.2) is 42.8 Å². The Morgan fingerprint density at radius 2 is 2.00 bits per heavy atom. The van der Waals surface area contributed by atoms with Gasteiger partial charge in [0.25, 0.3) is 0 Å². The Hall–Kier alpha value is -3.34. The van der Waals surface area contributed by atoms with Crippen molar-refractivity contribution in [1.29, 1.82) is 5.26 Å². The molecule has 0 spiro atoms. The lowest BCUT2D eigenvalue weighted by molar-refractivity contribution is 0.257. The first-order valence-electron chi connectivity index (χ1n) is 8.46. The number of hydrogen-bond donors (Lipinski definition) is 1. The lowest BCUT2D eigenvalue weighted by Gasteiger charge is -2.13. The largest absolute Gasteiger partial charge is 0.493 e. The van der Waals surface area contributed by atoms with Crippen LogP contribution in [-0.2, 0) is 0 Å². The third kappa shape index (κ3) is 5.31. The third-order valence-corrected chi connectivity index (χ3v) is 3.47. The van der Waals surface area contributed by atoms with Crippen molar-refractivity contribution < 1.29 is 9.47 Å². The molecule has 0 atom stereocenters. The first-order valence-corrected chi connectivity index (χ1v) is 8.46. The van der Waals surface area contributed by atoms with Crippen molar-refractivity contribution in [2.24, 2.45) is 5.92 Å². The van der Waals surface area contributed by atoms with Gasteiger partial charge in [-0.3, -0.25) is 0 Å². The lowest BCUT2D eigenvalue weighted by Crippen LogP contribution is -2.15. The smallest absolute Gasteiger partial charge is 0.230 e. The zero-order chi connectivity index (χ0) is 20.0. The molecule has 2 rings (SSSR count). The van der Waals surface area contributed by atoms with E-state index in [9.17, 15) is 5.26 Å². The zero-order valence-corrected chi connectivity index (χ0v) is 16.2. The third-order valence-electron chi connectivity index (χ3n) is 3.47. The molecule has 0 amide bonds. The van der Waals surface area contributed by atoms with E-state index in [1.54, 1.807) is 38.2 Å². The number of nitrogens with two attached hydrogens (primary N) is 1. The highest BCUT2D eigenvalue weighted by Crippen LogP contribution is 2.30. The number of allylic oxidation sites excluding steroid dienone is 1. The highest BCUT2D eigenvalue weighted by molar-refractivity contribution is 5.87. The molecule has 0 unspecified atom stereocenters. The van der Waals surface area contributed by atoms with Gasteiger partial charge >= 0.3 is 0 Å². The number of aromatic nitrogens is 3. The second kappa shape index (κ2) is 8.85. The molecule has 0 bridgehead atoms. The minimum atomic E-state index is 0.0554. The summed E-state index contributed by atoms with van der Waals surface area (Å²) >= 11 is 0. The summed E-state index contributed by atoms with van der Waals surface area (Å²) in [5.41, 5.74) is 6.77. The van der Waals surface area contributed by atoms with Crippen molar-refractivity contribution >= 4 is 23.5 Å². The van der Waals surface area contributed by atoms with E-state index in [2.05, 4.69) is 34.9 Å². The number of nitriles is 1. The normalized spacial score (nSPS) is 11.2. The monoisotopic (exact) mass is 368 g/mol. The van der Waals surface area contributed by atoms with E-state index in [1.807, 2.05) is 12.1 Å². The van der Waals surface area contributed by atoms with Gasteiger partial charge < -0.3 is 20.1 Å². The van der Waals surface area contributed by atoms with Gasteiger partial charge in [0.1, 0.15) is 6.07 Å². The second-order valence-corrected chi connectivity index (χ2v) is 6.50. The van der Waals surface area contributed by atoms with Gasteiger partial charge in [0.05, 0.1) is 19.3 Å². The molecule has 0 aliphatic rings. The van der Waals surface area contributed by atoms with Crippen LogP contribution in [0.3, 0.4) is 0 Å². The van der Waals surface area contributed by atoms with Crippen molar-refractivity contribution in [3.8, 4) is 17.6 Å². The second-order valence-electron chi connectivity index (χ2n) is 6.50. The van der Waals surface area contributed by atoms with Gasteiger partial charge in [0.2, 0.25) is 11.9 Å². The van der Waals surface area contributed by atoms with Crippen LogP contribution in [0, 0.1) is 17.2 Å². The van der Waals surface area contributed by atoms with Crippen LogP contribution in [0.4, 0.5) is 11.9 Å². The fourth-order valence-electron chi connectivity index (χ4n) is 2.16. The minimum Gasteiger partial charge on any atom is -0.493 e. The van der Waals surface area contributed by atoms with Gasteiger partial charge in [-0.1, -0.05) is 19.9 Å². The van der Waals surface area contributed by atoms with Gasteiger partial charge in [-0.2, -0.15) is 20.2 Å². The zero-order valence-electron chi connectivity index (χ0n) is 16.2. The molecule has 1 aromatic carbocycles. The summed E-state index contributed by atoms with van der Waals surface area (Å²) in [5, 5.41) is 9.56. The molecule has 0 saturated heterocycles. The SMILES string of the molecule is COc1cc(/C=C(\C#N)c2nc(N)nc(N(C)C)n2)ccc1OCC(C)C. The summed E-state index contributed by atoms with van der Waals surface area (Å²) in [6.45, 7) is 4.74. The Morgan fingerprint density at radius 3 is 2.59 bits per heavy atom. The molecule has 0 radical (unpaired) electrons. The van der Waals surface area contributed by atoms with Gasteiger partial charge in [-0.05, 0) is 29.7 Å². The standard InChI is InChI=1S/C19H24N6O2/c1-12(2)11-27-15-7-6-13(9-16(15)26-5)8-14(10-20)17-22-18(21)24-19(23-17)25(3)4/h6-9,12H,11H2,1-5H3,(H2,21,22,23,24)/b14-8+. The Bertz CT molecular complexity index is 871. The van der Waals surface area contributed by atoms with E-state index in [1.165, 1.54) is 0 Å². The van der Waals surface area contributed by atoms with Gasteiger partial charge in [0, 0.05) is 14.1 Å². The molecule has 0 saturated carbocycles. The topological polar surface area (TPSA) is 110 Å². The van der Waals surface area contributed by atoms with E-state index in [4.69, 9.17) is 15.2 Å². The fourth-order valence-corrected chi connectivity index (χ4v) is 2.16. The first kappa shape index (κ1) is 20.0. The fraction of sp³-hybridized carbons (Fsp3) is 0.368. The maximum Gasteiger partial charge on any atom is 0.230 e. The van der Waals surface area contributed by atoms with Crippen LogP contribution in [0.15, 0.2) is 18.2 Å². The maximum absolute atomic E-state index is 9.56. The van der Waals surface area contributed by atoms with Gasteiger partial charge in [-0.25, -0.2) is 0 Å². The molecule has 0 aliphatic carbocycles. The number of hydrogen-bond acceptors (Lipinski definition) is 8. The molecular weight excluding hydrogens is 344 g/mol. The van der Waals surface area contributed by atoms with Crippen molar-refractivity contribution in [1.82, 2.24) is 15.0 Å². The molecule has 2 aromatic rings. The summed E-state index contributed by atoms with van der Waals surface area (Å²) in [4.78, 5) is 14.1. The average molecular weight is 368 g/mol. The molecule has 8 nitrogen and oxygen atoms in total. The summed E-state index contributed by atoms with van der Waals surface area (Å²) in [5.74, 6) is 2.30. The molecule has 2 N–H and O–H groups in total. The quantitative estimate of drug-likeness (QED) is 0.743. The number of nitrogens with zero attached hydrogens (tertiary/aromatic N) is 5. The molecule has 0 aliphatic heterocycles. The van der Waals surface area contributed by atoms with Crippen LogP contribution in [0.1, 0.15) is 25.2 Å². The van der Waals surface area contributed by atoms with E-state index in [0.29, 0.717) is 30.0 Å². The average Bonchev–Trinajstić information content (AvgIpc) is 2.64. The highest BCUT2D eigenvalue weighted by atomic mass is 16.5. The Morgan fingerprint density at radius 1 is 1.26 bits per heavy atom. The number of benzene rings is 1. The number of methoxy groups -OCH3 is 1. The number of rotatable bonds is 7. The van der Waals surface area contributed by atoms with Crippen LogP contribution < -0.4 is 20.1 Å². The van der Waals surface area contributed by atoms with Gasteiger partial charge in [-0.15, -0.1) is 0 Å². The Balaban J connectivity index is 2.39. The summed E-state index contributed by atoms with van der Waals surface area (Å²) in [7, 11) is 5.15. The maximum atomic E-state index is 9.56. The number of anilines is 2. The van der Waals surface area contributed by atoms with E-state index >= 15 is 0 Å². The number of ether oxygens (including phenoxy) is 2. The number of nitrogen functional groups attached to an aromatic ring is 1. The molecular formula is C19H24N6O2. The van der Waals surface area contributed by atoms with E-state index in [0.717, 1.165) is 5.56 Å². The van der Waals surface area contributed by atoms with Crippen molar-refractivity contribution in [2.75, 3.05) is 38.4 Å². The summed E-state index contributed by atoms with van der Waals surface area (Å²) in [6.07, 6.45) is 1.67. The molecule has 142 valence electrons. The lowest BCUT2D eigenvalue weighted by atomic mass is 10.1. The summed E-state index contributed by atoms with van der Waals surface area (Å²) < 4.78 is 11.2. The highest BCUT2D eigenvalue weighted by Gasteiger charge is 2.12. The van der Waals surface area contributed by atoms with Gasteiger partial charge in [0.15, 0.2) is 17.3 Å². The Labute approximate surface area is 159 Å². The van der Waals surface area contributed by atoms with Crippen molar-refractivity contribution in [3.05, 3.63) is 29.6 Å². The predicted octanol–water partition coefficient (Wildman–Crippen LogP) is 2.63. The minimum absolute atomic E-state index is 0.0554. The summed E-state index contributed by atoms with van der Waals surface area (Å²) in [6, 6.07) is 7.57. The van der Waals surface area contributed by atoms with E-state index in [-0.39, 0.29) is 17.3 Å². The van der Waals surface area contributed by atoms with Crippen LogP contribution in [0.2, 0.25) is 0 Å². The van der Waals surface area contributed by atoms with E-state index < -0.39 is 0 Å². The molecule has 0 fully saturated rings. The van der Waals surface area contributed by atoms with Crippen molar-refractivity contribution in [3.63, 3.8) is 0 Å². The molecule has 1 aromatic heterocycles. The Kier molecular flexibility index (Phi) is 6.55. The van der Waals surface area contributed by atoms with Crippen LogP contribution >= 0.6 is 0 Å². The first-order chi connectivity index (χ1) is 12.8. The predicted molar refractivity (Wildman–Crippen MR) is 105 cm³/mol. The molecule has 8 heteroatoms. The molecule has 27 heavy (non-hydrogen) atoms. The van der Waals surface area contributed by atoms with Crippen molar-refractivity contribution in [2.45, 2.75) is 13.8 Å². The van der Waals surface area contributed by atoms with Crippen LogP contribution in [0.5, 0.6) is 11.5 Å². The van der Waals surface area contributed by atoms with Crippen LogP contribution in [0.25, 0.3) is 11.6 Å². The molecule has 1 heterocycles.